The third-order valence-electron chi connectivity index (χ3n) is 4.16. The minimum atomic E-state index is -0.369. The fourth-order valence-electron chi connectivity index (χ4n) is 2.72. The van der Waals surface area contributed by atoms with E-state index in [1.165, 1.54) is 0 Å². The highest BCUT2D eigenvalue weighted by Crippen LogP contribution is 2.36. The number of phenols is 1. The Labute approximate surface area is 152 Å². The van der Waals surface area contributed by atoms with Gasteiger partial charge in [0, 0.05) is 0 Å². The third-order valence-corrected chi connectivity index (χ3v) is 4.16. The first kappa shape index (κ1) is 17.9. The molecule has 1 aliphatic heterocycles. The van der Waals surface area contributed by atoms with Gasteiger partial charge in [0.2, 0.25) is 6.79 Å². The van der Waals surface area contributed by atoms with Gasteiger partial charge in [-0.25, -0.2) is 0 Å². The first-order valence-corrected chi connectivity index (χ1v) is 8.77. The molecular weight excluding hydrogens is 334 g/mol. The number of carbonyl (C=O) groups excluding carboxylic acids is 1. The molecule has 6 heteroatoms. The van der Waals surface area contributed by atoms with Gasteiger partial charge in [-0.05, 0) is 36.2 Å². The lowest BCUT2D eigenvalue weighted by Gasteiger charge is -2.21. The first-order chi connectivity index (χ1) is 12.7. The van der Waals surface area contributed by atoms with Crippen molar-refractivity contribution in [3.63, 3.8) is 0 Å². The Morgan fingerprint density at radius 1 is 1.23 bits per heavy atom. The van der Waals surface area contributed by atoms with Gasteiger partial charge in [0.1, 0.15) is 5.75 Å². The van der Waals surface area contributed by atoms with E-state index in [2.05, 4.69) is 5.32 Å². The molecule has 0 amide bonds. The smallest absolute Gasteiger partial charge is 0.308 e. The zero-order valence-corrected chi connectivity index (χ0v) is 14.7. The van der Waals surface area contributed by atoms with Gasteiger partial charge in [-0.1, -0.05) is 31.5 Å². The summed E-state index contributed by atoms with van der Waals surface area (Å²) in [5, 5.41) is 13.3. The molecule has 0 radical (unpaired) electrons. The predicted octanol–water partition coefficient (Wildman–Crippen LogP) is 4.01. The topological polar surface area (TPSA) is 77.0 Å². The van der Waals surface area contributed by atoms with Crippen LogP contribution in [0, 0.1) is 0 Å². The van der Waals surface area contributed by atoms with Crippen molar-refractivity contribution in [1.29, 1.82) is 0 Å². The number of benzene rings is 2. The maximum atomic E-state index is 12.2. The largest absolute Gasteiger partial charge is 0.506 e. The Hall–Kier alpha value is -2.89. The number of fused-ring (bicyclic) bond motifs is 1. The van der Waals surface area contributed by atoms with Crippen molar-refractivity contribution in [2.45, 2.75) is 32.2 Å². The van der Waals surface area contributed by atoms with Crippen LogP contribution in [0.2, 0.25) is 0 Å². The van der Waals surface area contributed by atoms with Crippen molar-refractivity contribution in [2.75, 3.05) is 18.7 Å². The van der Waals surface area contributed by atoms with Gasteiger partial charge in [0.05, 0.1) is 24.8 Å². The van der Waals surface area contributed by atoms with E-state index >= 15 is 0 Å². The number of ether oxygens (including phenoxy) is 3. The molecule has 0 aromatic heterocycles. The van der Waals surface area contributed by atoms with Crippen molar-refractivity contribution >= 4 is 11.7 Å². The Balaban J connectivity index is 1.79. The zero-order chi connectivity index (χ0) is 18.4. The number of phenolic OH excluding ortho intramolecular Hbond substituents is 1. The summed E-state index contributed by atoms with van der Waals surface area (Å²) in [7, 11) is 0. The average Bonchev–Trinajstić information content (AvgIpc) is 3.11. The standard InChI is InChI=1S/C20H23NO5/c1-2-3-10-24-20(23)12-16(21-15-6-4-5-7-17(15)22)14-8-9-18-19(11-14)26-13-25-18/h4-9,11,16,21-22H,2-3,10,12-13H2,1H3. The number of rotatable bonds is 8. The van der Waals surface area contributed by atoms with E-state index in [9.17, 15) is 9.90 Å². The van der Waals surface area contributed by atoms with E-state index in [0.29, 0.717) is 23.8 Å². The molecule has 2 aromatic carbocycles. The van der Waals surface area contributed by atoms with Gasteiger partial charge in [-0.2, -0.15) is 0 Å². The maximum absolute atomic E-state index is 12.2. The summed E-state index contributed by atoms with van der Waals surface area (Å²) in [6, 6.07) is 12.1. The van der Waals surface area contributed by atoms with Crippen LogP contribution < -0.4 is 14.8 Å². The Morgan fingerprint density at radius 3 is 2.85 bits per heavy atom. The van der Waals surface area contributed by atoms with E-state index in [-0.39, 0.29) is 31.0 Å². The molecule has 2 N–H and O–H groups in total. The molecule has 6 nitrogen and oxygen atoms in total. The molecule has 1 unspecified atom stereocenters. The van der Waals surface area contributed by atoms with E-state index in [4.69, 9.17) is 14.2 Å². The van der Waals surface area contributed by atoms with Crippen LogP contribution in [0.5, 0.6) is 17.2 Å². The molecule has 0 aliphatic carbocycles. The minimum absolute atomic E-state index is 0.123. The van der Waals surface area contributed by atoms with Crippen LogP contribution in [0.3, 0.4) is 0 Å². The molecule has 0 saturated heterocycles. The van der Waals surface area contributed by atoms with Gasteiger partial charge < -0.3 is 24.6 Å². The molecule has 138 valence electrons. The Kier molecular flexibility index (Phi) is 5.84. The van der Waals surface area contributed by atoms with Crippen LogP contribution in [0.4, 0.5) is 5.69 Å². The van der Waals surface area contributed by atoms with Crippen molar-refractivity contribution in [1.82, 2.24) is 0 Å². The monoisotopic (exact) mass is 357 g/mol. The minimum Gasteiger partial charge on any atom is -0.506 e. The summed E-state index contributed by atoms with van der Waals surface area (Å²) in [5.41, 5.74) is 1.40. The van der Waals surface area contributed by atoms with Crippen molar-refractivity contribution < 1.29 is 24.1 Å². The van der Waals surface area contributed by atoms with E-state index in [1.54, 1.807) is 18.2 Å². The van der Waals surface area contributed by atoms with E-state index in [1.807, 2.05) is 31.2 Å². The SMILES string of the molecule is CCCCOC(=O)CC(Nc1ccccc1O)c1ccc2c(c1)OCO2. The summed E-state index contributed by atoms with van der Waals surface area (Å²) in [5.74, 6) is 1.16. The molecule has 0 saturated carbocycles. The third kappa shape index (κ3) is 4.39. The van der Waals surface area contributed by atoms with Crippen LogP contribution in [0.25, 0.3) is 0 Å². The summed E-state index contributed by atoms with van der Waals surface area (Å²) < 4.78 is 16.1. The van der Waals surface area contributed by atoms with Crippen molar-refractivity contribution in [3.8, 4) is 17.2 Å². The molecular formula is C20H23NO5. The molecule has 1 atom stereocenters. The average molecular weight is 357 g/mol. The van der Waals surface area contributed by atoms with Gasteiger partial charge in [0.15, 0.2) is 11.5 Å². The second-order valence-electron chi connectivity index (χ2n) is 6.10. The van der Waals surface area contributed by atoms with Crippen molar-refractivity contribution in [3.05, 3.63) is 48.0 Å². The second-order valence-corrected chi connectivity index (χ2v) is 6.10. The molecule has 0 bridgehead atoms. The molecule has 2 aromatic rings. The van der Waals surface area contributed by atoms with Crippen molar-refractivity contribution in [2.24, 2.45) is 0 Å². The highest BCUT2D eigenvalue weighted by Gasteiger charge is 2.22. The fourth-order valence-corrected chi connectivity index (χ4v) is 2.72. The van der Waals surface area contributed by atoms with Crippen LogP contribution >= 0.6 is 0 Å². The number of nitrogens with one attached hydrogen (secondary N) is 1. The lowest BCUT2D eigenvalue weighted by molar-refractivity contribution is -0.144. The molecule has 3 rings (SSSR count). The normalized spacial score (nSPS) is 13.3. The summed E-state index contributed by atoms with van der Waals surface area (Å²) >= 11 is 0. The highest BCUT2D eigenvalue weighted by atomic mass is 16.7. The predicted molar refractivity (Wildman–Crippen MR) is 97.5 cm³/mol. The molecule has 26 heavy (non-hydrogen) atoms. The Morgan fingerprint density at radius 2 is 2.04 bits per heavy atom. The number of anilines is 1. The number of para-hydroxylation sites is 2. The second kappa shape index (κ2) is 8.47. The lowest BCUT2D eigenvalue weighted by Crippen LogP contribution is -2.17. The van der Waals surface area contributed by atoms with Gasteiger partial charge in [-0.15, -0.1) is 0 Å². The van der Waals surface area contributed by atoms with Crippen LogP contribution in [-0.4, -0.2) is 24.5 Å². The lowest BCUT2D eigenvalue weighted by atomic mass is 10.0. The van der Waals surface area contributed by atoms with Crippen LogP contribution in [-0.2, 0) is 9.53 Å². The van der Waals surface area contributed by atoms with Gasteiger partial charge >= 0.3 is 5.97 Å². The molecule has 0 spiro atoms. The number of carbonyl (C=O) groups is 1. The van der Waals surface area contributed by atoms with Gasteiger partial charge in [0.25, 0.3) is 0 Å². The number of esters is 1. The maximum Gasteiger partial charge on any atom is 0.308 e. The zero-order valence-electron chi connectivity index (χ0n) is 14.7. The van der Waals surface area contributed by atoms with Gasteiger partial charge in [-0.3, -0.25) is 4.79 Å². The Bertz CT molecular complexity index is 762. The van der Waals surface area contributed by atoms with Crippen LogP contribution in [0.15, 0.2) is 42.5 Å². The molecule has 0 fully saturated rings. The quantitative estimate of drug-likeness (QED) is 0.422. The molecule has 1 aliphatic rings. The fraction of sp³-hybridized carbons (Fsp3) is 0.350. The number of hydrogen-bond acceptors (Lipinski definition) is 6. The number of hydrogen-bond donors (Lipinski definition) is 2. The summed E-state index contributed by atoms with van der Waals surface area (Å²) in [6.45, 7) is 2.65. The van der Waals surface area contributed by atoms with Crippen LogP contribution in [0.1, 0.15) is 37.8 Å². The molecule has 1 heterocycles. The highest BCUT2D eigenvalue weighted by molar-refractivity contribution is 5.72. The summed E-state index contributed by atoms with van der Waals surface area (Å²) in [6.07, 6.45) is 1.94. The van der Waals surface area contributed by atoms with E-state index < -0.39 is 0 Å². The van der Waals surface area contributed by atoms with E-state index in [0.717, 1.165) is 18.4 Å². The summed E-state index contributed by atoms with van der Waals surface area (Å²) in [4.78, 5) is 12.2. The first-order valence-electron chi connectivity index (χ1n) is 8.77. The number of unbranched alkanes of at least 4 members (excludes halogenated alkanes) is 1. The number of aromatic hydroxyl groups is 1.